The van der Waals surface area contributed by atoms with Crippen molar-refractivity contribution in [2.24, 2.45) is 0 Å². The predicted molar refractivity (Wildman–Crippen MR) is 64.2 cm³/mol. The standard InChI is InChI=1S/C13H18N2/c1-5-9-7-12-10(8-14-15-12)6-11(9)13(2,3)4/h6-8H,5H2,1-4H3,(H,14,15). The second-order valence-electron chi connectivity index (χ2n) is 5.07. The maximum atomic E-state index is 4.07. The molecule has 0 amide bonds. The zero-order valence-electron chi connectivity index (χ0n) is 9.89. The van der Waals surface area contributed by atoms with E-state index in [0.29, 0.717) is 0 Å². The summed E-state index contributed by atoms with van der Waals surface area (Å²) in [6.45, 7) is 8.97. The summed E-state index contributed by atoms with van der Waals surface area (Å²) in [5, 5.41) is 8.30. The minimum absolute atomic E-state index is 0.205. The van der Waals surface area contributed by atoms with Gasteiger partial charge < -0.3 is 0 Å². The van der Waals surface area contributed by atoms with E-state index in [4.69, 9.17) is 0 Å². The third kappa shape index (κ3) is 1.76. The van der Waals surface area contributed by atoms with Gasteiger partial charge in [0.05, 0.1) is 11.7 Å². The van der Waals surface area contributed by atoms with Crippen LogP contribution in [0.4, 0.5) is 0 Å². The summed E-state index contributed by atoms with van der Waals surface area (Å²) in [5.74, 6) is 0. The van der Waals surface area contributed by atoms with E-state index in [0.717, 1.165) is 11.9 Å². The summed E-state index contributed by atoms with van der Waals surface area (Å²) in [7, 11) is 0. The van der Waals surface area contributed by atoms with Gasteiger partial charge in [-0.1, -0.05) is 27.7 Å². The van der Waals surface area contributed by atoms with Crippen molar-refractivity contribution in [1.82, 2.24) is 10.2 Å². The van der Waals surface area contributed by atoms with E-state index in [1.165, 1.54) is 16.5 Å². The molecule has 2 nitrogen and oxygen atoms in total. The minimum Gasteiger partial charge on any atom is -0.278 e. The van der Waals surface area contributed by atoms with Crippen LogP contribution < -0.4 is 0 Å². The summed E-state index contributed by atoms with van der Waals surface area (Å²) in [6, 6.07) is 4.49. The molecule has 15 heavy (non-hydrogen) atoms. The third-order valence-electron chi connectivity index (χ3n) is 2.85. The third-order valence-corrected chi connectivity index (χ3v) is 2.85. The van der Waals surface area contributed by atoms with E-state index in [2.05, 4.69) is 50.0 Å². The Morgan fingerprint density at radius 1 is 1.27 bits per heavy atom. The molecule has 0 saturated carbocycles. The van der Waals surface area contributed by atoms with Gasteiger partial charge in [0.2, 0.25) is 0 Å². The molecule has 1 aromatic heterocycles. The first-order valence-corrected chi connectivity index (χ1v) is 5.49. The molecule has 0 unspecified atom stereocenters. The zero-order valence-corrected chi connectivity index (χ0v) is 9.89. The summed E-state index contributed by atoms with van der Waals surface area (Å²) in [5.41, 5.74) is 4.19. The molecule has 0 bridgehead atoms. The predicted octanol–water partition coefficient (Wildman–Crippen LogP) is 3.42. The van der Waals surface area contributed by atoms with Crippen molar-refractivity contribution in [2.75, 3.05) is 0 Å². The van der Waals surface area contributed by atoms with Gasteiger partial charge in [0.25, 0.3) is 0 Å². The number of H-pyrrole nitrogens is 1. The van der Waals surface area contributed by atoms with Gasteiger partial charge in [-0.2, -0.15) is 5.10 Å². The first-order valence-electron chi connectivity index (χ1n) is 5.49. The molecular formula is C13H18N2. The number of aryl methyl sites for hydroxylation is 1. The van der Waals surface area contributed by atoms with Gasteiger partial charge in [-0.05, 0) is 35.1 Å². The highest BCUT2D eigenvalue weighted by Gasteiger charge is 2.18. The second kappa shape index (κ2) is 3.37. The molecule has 0 saturated heterocycles. The number of nitrogens with one attached hydrogen (secondary N) is 1. The maximum Gasteiger partial charge on any atom is 0.0653 e. The molecule has 1 aromatic carbocycles. The molecule has 2 rings (SSSR count). The fourth-order valence-electron chi connectivity index (χ4n) is 2.03. The Morgan fingerprint density at radius 2 is 2.00 bits per heavy atom. The summed E-state index contributed by atoms with van der Waals surface area (Å²) in [4.78, 5) is 0. The smallest absolute Gasteiger partial charge is 0.0653 e. The first-order chi connectivity index (χ1) is 7.02. The molecule has 0 radical (unpaired) electrons. The van der Waals surface area contributed by atoms with Gasteiger partial charge in [-0.15, -0.1) is 0 Å². The number of aromatic amines is 1. The normalized spacial score (nSPS) is 12.3. The Labute approximate surface area is 90.7 Å². The molecule has 0 aliphatic rings. The number of nitrogens with zero attached hydrogens (tertiary/aromatic N) is 1. The summed E-state index contributed by atoms with van der Waals surface area (Å²) < 4.78 is 0. The number of hydrogen-bond acceptors (Lipinski definition) is 1. The van der Waals surface area contributed by atoms with Crippen LogP contribution in [0.15, 0.2) is 18.3 Å². The van der Waals surface area contributed by atoms with Gasteiger partial charge in [-0.3, -0.25) is 5.10 Å². The fraction of sp³-hybridized carbons (Fsp3) is 0.462. The molecule has 0 spiro atoms. The molecule has 1 heterocycles. The quantitative estimate of drug-likeness (QED) is 0.754. The van der Waals surface area contributed by atoms with Gasteiger partial charge >= 0.3 is 0 Å². The van der Waals surface area contributed by atoms with Gasteiger partial charge in [-0.25, -0.2) is 0 Å². The van der Waals surface area contributed by atoms with E-state index < -0.39 is 0 Å². The highest BCUT2D eigenvalue weighted by atomic mass is 15.1. The number of benzene rings is 1. The lowest BCUT2D eigenvalue weighted by Gasteiger charge is -2.22. The van der Waals surface area contributed by atoms with Crippen LogP contribution in [0.3, 0.4) is 0 Å². The lowest BCUT2D eigenvalue weighted by atomic mass is 9.82. The van der Waals surface area contributed by atoms with E-state index >= 15 is 0 Å². The van der Waals surface area contributed by atoms with Crippen molar-refractivity contribution in [2.45, 2.75) is 39.5 Å². The van der Waals surface area contributed by atoms with Crippen molar-refractivity contribution in [1.29, 1.82) is 0 Å². The average Bonchev–Trinajstić information content (AvgIpc) is 2.60. The van der Waals surface area contributed by atoms with Crippen LogP contribution in [0.2, 0.25) is 0 Å². The average molecular weight is 202 g/mol. The van der Waals surface area contributed by atoms with Crippen molar-refractivity contribution >= 4 is 10.9 Å². The van der Waals surface area contributed by atoms with Crippen molar-refractivity contribution in [3.05, 3.63) is 29.5 Å². The molecule has 0 aliphatic heterocycles. The van der Waals surface area contributed by atoms with E-state index in [-0.39, 0.29) is 5.41 Å². The molecule has 0 aliphatic carbocycles. The largest absolute Gasteiger partial charge is 0.278 e. The number of aromatic nitrogens is 2. The van der Waals surface area contributed by atoms with Crippen LogP contribution in [0.5, 0.6) is 0 Å². The van der Waals surface area contributed by atoms with Crippen LogP contribution in [-0.4, -0.2) is 10.2 Å². The van der Waals surface area contributed by atoms with Gasteiger partial charge in [0.15, 0.2) is 0 Å². The second-order valence-corrected chi connectivity index (χ2v) is 5.07. The Kier molecular flexibility index (Phi) is 2.29. The number of hydrogen-bond donors (Lipinski definition) is 1. The summed E-state index contributed by atoms with van der Waals surface area (Å²) in [6.07, 6.45) is 2.96. The SMILES string of the molecule is CCc1cc2[nH]ncc2cc1C(C)(C)C. The molecule has 80 valence electrons. The first kappa shape index (κ1) is 10.2. The van der Waals surface area contributed by atoms with E-state index in [1.807, 2.05) is 6.20 Å². The van der Waals surface area contributed by atoms with Gasteiger partial charge in [0, 0.05) is 5.39 Å². The summed E-state index contributed by atoms with van der Waals surface area (Å²) >= 11 is 0. The van der Waals surface area contributed by atoms with Crippen LogP contribution in [-0.2, 0) is 11.8 Å². The highest BCUT2D eigenvalue weighted by molar-refractivity contribution is 5.80. The fourth-order valence-corrected chi connectivity index (χ4v) is 2.03. The molecule has 2 aromatic rings. The Bertz CT molecular complexity index is 475. The minimum atomic E-state index is 0.205. The molecule has 2 heteroatoms. The lowest BCUT2D eigenvalue weighted by molar-refractivity contribution is 0.584. The molecule has 0 fully saturated rings. The lowest BCUT2D eigenvalue weighted by Crippen LogP contribution is -2.13. The van der Waals surface area contributed by atoms with E-state index in [9.17, 15) is 0 Å². The molecular weight excluding hydrogens is 184 g/mol. The topological polar surface area (TPSA) is 28.7 Å². The zero-order chi connectivity index (χ0) is 11.1. The van der Waals surface area contributed by atoms with Crippen molar-refractivity contribution in [3.8, 4) is 0 Å². The van der Waals surface area contributed by atoms with E-state index in [1.54, 1.807) is 0 Å². The molecule has 1 N–H and O–H groups in total. The van der Waals surface area contributed by atoms with Crippen molar-refractivity contribution in [3.63, 3.8) is 0 Å². The molecule has 0 atom stereocenters. The van der Waals surface area contributed by atoms with Gasteiger partial charge in [0.1, 0.15) is 0 Å². The number of rotatable bonds is 1. The Hall–Kier alpha value is -1.31. The van der Waals surface area contributed by atoms with Crippen LogP contribution in [0.1, 0.15) is 38.8 Å². The van der Waals surface area contributed by atoms with Crippen LogP contribution in [0.25, 0.3) is 10.9 Å². The monoisotopic (exact) mass is 202 g/mol. The Morgan fingerprint density at radius 3 is 2.60 bits per heavy atom. The maximum absolute atomic E-state index is 4.07. The highest BCUT2D eigenvalue weighted by Crippen LogP contribution is 2.29. The Balaban J connectivity index is 2.70. The number of fused-ring (bicyclic) bond motifs is 1. The van der Waals surface area contributed by atoms with Crippen LogP contribution in [0, 0.1) is 0 Å². The van der Waals surface area contributed by atoms with Crippen LogP contribution >= 0.6 is 0 Å². The van der Waals surface area contributed by atoms with Crippen molar-refractivity contribution < 1.29 is 0 Å².